The average molecular weight is 393 g/mol. The van der Waals surface area contributed by atoms with E-state index in [2.05, 4.69) is 0 Å². The molecule has 1 amide bonds. The number of hydrogen-bond acceptors (Lipinski definition) is 3. The number of halogens is 1. The van der Waals surface area contributed by atoms with Gasteiger partial charge in [0.15, 0.2) is 0 Å². The van der Waals surface area contributed by atoms with Crippen LogP contribution in [0.3, 0.4) is 0 Å². The van der Waals surface area contributed by atoms with Crippen LogP contribution in [0.1, 0.15) is 22.6 Å². The van der Waals surface area contributed by atoms with Crippen LogP contribution < -0.4 is 9.75 Å². The van der Waals surface area contributed by atoms with Crippen molar-refractivity contribution in [1.82, 2.24) is 5.01 Å². The van der Waals surface area contributed by atoms with Gasteiger partial charge in [-0.25, -0.2) is 10.0 Å². The van der Waals surface area contributed by atoms with Crippen molar-refractivity contribution in [2.45, 2.75) is 12.5 Å². The number of methoxy groups -OCH3 is 1. The summed E-state index contributed by atoms with van der Waals surface area (Å²) in [5, 5.41) is 4.23. The van der Waals surface area contributed by atoms with Crippen LogP contribution in [0.4, 0.5) is 5.69 Å². The Hall–Kier alpha value is -2.82. The Labute approximate surface area is 169 Å². The SMILES string of the molecule is COc1c(Cl)cccc1CN(C)N1C(=O)[C@H](c2ccccc2)c2ccccc21. The highest BCUT2D eigenvalue weighted by molar-refractivity contribution is 6.32. The van der Waals surface area contributed by atoms with Crippen molar-refractivity contribution >= 4 is 23.2 Å². The molecule has 3 aromatic carbocycles. The lowest BCUT2D eigenvalue weighted by Gasteiger charge is -2.29. The molecule has 142 valence electrons. The lowest BCUT2D eigenvalue weighted by atomic mass is 9.93. The molecule has 0 unspecified atom stereocenters. The smallest absolute Gasteiger partial charge is 0.253 e. The summed E-state index contributed by atoms with van der Waals surface area (Å²) in [6.45, 7) is 0.491. The van der Waals surface area contributed by atoms with Crippen molar-refractivity contribution in [2.75, 3.05) is 19.2 Å². The van der Waals surface area contributed by atoms with E-state index in [1.165, 1.54) is 0 Å². The molecule has 0 radical (unpaired) electrons. The molecular formula is C23H21ClN2O2. The first-order chi connectivity index (χ1) is 13.6. The summed E-state index contributed by atoms with van der Waals surface area (Å²) in [4.78, 5) is 13.4. The first-order valence-corrected chi connectivity index (χ1v) is 9.50. The monoisotopic (exact) mass is 392 g/mol. The van der Waals surface area contributed by atoms with E-state index in [1.54, 1.807) is 18.2 Å². The number of ether oxygens (including phenoxy) is 1. The second-order valence-electron chi connectivity index (χ2n) is 6.80. The number of hydrazine groups is 1. The molecule has 3 aromatic rings. The average Bonchev–Trinajstić information content (AvgIpc) is 3.00. The van der Waals surface area contributed by atoms with Gasteiger partial charge in [-0.1, -0.05) is 72.3 Å². The molecular weight excluding hydrogens is 372 g/mol. The van der Waals surface area contributed by atoms with Crippen LogP contribution in [-0.2, 0) is 11.3 Å². The molecule has 1 heterocycles. The molecule has 0 N–H and O–H groups in total. The fourth-order valence-electron chi connectivity index (χ4n) is 3.84. The summed E-state index contributed by atoms with van der Waals surface area (Å²) in [5.41, 5.74) is 3.84. The Kier molecular flexibility index (Phi) is 5.07. The van der Waals surface area contributed by atoms with E-state index in [-0.39, 0.29) is 11.8 Å². The molecule has 0 aromatic heterocycles. The maximum atomic E-state index is 13.4. The fraction of sp³-hybridized carbons (Fsp3) is 0.174. The molecule has 4 nitrogen and oxygen atoms in total. The van der Waals surface area contributed by atoms with E-state index in [4.69, 9.17) is 16.3 Å². The Morgan fingerprint density at radius 2 is 1.71 bits per heavy atom. The molecule has 1 atom stereocenters. The van der Waals surface area contributed by atoms with Gasteiger partial charge >= 0.3 is 0 Å². The maximum Gasteiger partial charge on any atom is 0.253 e. The predicted molar refractivity (Wildman–Crippen MR) is 112 cm³/mol. The predicted octanol–water partition coefficient (Wildman–Crippen LogP) is 4.87. The van der Waals surface area contributed by atoms with Gasteiger partial charge in [-0.2, -0.15) is 0 Å². The Morgan fingerprint density at radius 1 is 1.00 bits per heavy atom. The van der Waals surface area contributed by atoms with Crippen LogP contribution in [0.15, 0.2) is 72.8 Å². The number of anilines is 1. The number of carbonyl (C=O) groups is 1. The number of nitrogens with zero attached hydrogens (tertiary/aromatic N) is 2. The number of hydrogen-bond donors (Lipinski definition) is 0. The summed E-state index contributed by atoms with van der Waals surface area (Å²) < 4.78 is 5.46. The quantitative estimate of drug-likeness (QED) is 0.620. The van der Waals surface area contributed by atoms with E-state index >= 15 is 0 Å². The molecule has 0 saturated carbocycles. The van der Waals surface area contributed by atoms with Gasteiger partial charge in [0, 0.05) is 19.2 Å². The van der Waals surface area contributed by atoms with Crippen LogP contribution in [-0.4, -0.2) is 25.1 Å². The molecule has 5 heteroatoms. The highest BCUT2D eigenvalue weighted by atomic mass is 35.5. The minimum atomic E-state index is -0.305. The summed E-state index contributed by atoms with van der Waals surface area (Å²) in [6.07, 6.45) is 0. The van der Waals surface area contributed by atoms with Gasteiger partial charge in [0.2, 0.25) is 0 Å². The Morgan fingerprint density at radius 3 is 2.46 bits per heavy atom. The van der Waals surface area contributed by atoms with E-state index in [9.17, 15) is 4.79 Å². The van der Waals surface area contributed by atoms with Gasteiger partial charge in [-0.3, -0.25) is 4.79 Å². The molecule has 4 rings (SSSR count). The summed E-state index contributed by atoms with van der Waals surface area (Å²) in [6, 6.07) is 23.5. The molecule has 28 heavy (non-hydrogen) atoms. The third-order valence-corrected chi connectivity index (χ3v) is 5.36. The van der Waals surface area contributed by atoms with Gasteiger partial charge in [0.1, 0.15) is 5.75 Å². The molecule has 0 bridgehead atoms. The van der Waals surface area contributed by atoms with Crippen molar-refractivity contribution < 1.29 is 9.53 Å². The normalized spacial score (nSPS) is 15.8. The Bertz CT molecular complexity index is 1010. The topological polar surface area (TPSA) is 32.8 Å². The lowest BCUT2D eigenvalue weighted by molar-refractivity contribution is -0.121. The number of para-hydroxylation sites is 2. The summed E-state index contributed by atoms with van der Waals surface area (Å²) in [7, 11) is 3.51. The van der Waals surface area contributed by atoms with Gasteiger partial charge in [-0.05, 0) is 23.3 Å². The van der Waals surface area contributed by atoms with Gasteiger partial charge < -0.3 is 4.74 Å². The lowest BCUT2D eigenvalue weighted by Crippen LogP contribution is -2.42. The largest absolute Gasteiger partial charge is 0.495 e. The number of rotatable bonds is 5. The number of carbonyl (C=O) groups excluding carboxylic acids is 1. The number of fused-ring (bicyclic) bond motifs is 1. The minimum Gasteiger partial charge on any atom is -0.495 e. The number of benzene rings is 3. The van der Waals surface area contributed by atoms with E-state index in [1.807, 2.05) is 78.8 Å². The van der Waals surface area contributed by atoms with E-state index in [0.29, 0.717) is 17.3 Å². The zero-order valence-electron chi connectivity index (χ0n) is 15.8. The van der Waals surface area contributed by atoms with E-state index in [0.717, 1.165) is 22.4 Å². The van der Waals surface area contributed by atoms with E-state index < -0.39 is 0 Å². The second kappa shape index (κ2) is 7.66. The fourth-order valence-corrected chi connectivity index (χ4v) is 4.11. The van der Waals surface area contributed by atoms with Crippen molar-refractivity contribution in [3.8, 4) is 5.75 Å². The van der Waals surface area contributed by atoms with Crippen LogP contribution in [0.25, 0.3) is 0 Å². The zero-order chi connectivity index (χ0) is 19.7. The van der Waals surface area contributed by atoms with Crippen molar-refractivity contribution in [1.29, 1.82) is 0 Å². The molecule has 0 saturated heterocycles. The first kappa shape index (κ1) is 18.5. The van der Waals surface area contributed by atoms with Crippen molar-refractivity contribution in [2.24, 2.45) is 0 Å². The van der Waals surface area contributed by atoms with Crippen LogP contribution in [0.5, 0.6) is 5.75 Å². The van der Waals surface area contributed by atoms with Crippen LogP contribution >= 0.6 is 11.6 Å². The standard InChI is InChI=1S/C23H21ClN2O2/c1-25(15-17-11-8-13-19(24)22(17)28-2)26-20-14-7-6-12-18(20)21(23(26)27)16-9-4-3-5-10-16/h3-14,21H,15H2,1-2H3/t21-/m1/s1. The van der Waals surface area contributed by atoms with Crippen LogP contribution in [0, 0.1) is 0 Å². The molecule has 1 aliphatic rings. The summed E-state index contributed by atoms with van der Waals surface area (Å²) >= 11 is 6.26. The number of amides is 1. The minimum absolute atomic E-state index is 0.0379. The molecule has 0 fully saturated rings. The summed E-state index contributed by atoms with van der Waals surface area (Å²) in [5.74, 6) is 0.368. The molecule has 0 aliphatic carbocycles. The zero-order valence-corrected chi connectivity index (χ0v) is 16.6. The van der Waals surface area contributed by atoms with Gasteiger partial charge in [0.05, 0.1) is 23.7 Å². The van der Waals surface area contributed by atoms with Crippen molar-refractivity contribution in [3.05, 3.63) is 94.5 Å². The Balaban J connectivity index is 1.70. The second-order valence-corrected chi connectivity index (χ2v) is 7.21. The van der Waals surface area contributed by atoms with Gasteiger partial charge in [-0.15, -0.1) is 0 Å². The highest BCUT2D eigenvalue weighted by Crippen LogP contribution is 2.42. The molecule has 1 aliphatic heterocycles. The van der Waals surface area contributed by atoms with Crippen LogP contribution in [0.2, 0.25) is 5.02 Å². The third kappa shape index (κ3) is 3.15. The van der Waals surface area contributed by atoms with Crippen molar-refractivity contribution in [3.63, 3.8) is 0 Å². The highest BCUT2D eigenvalue weighted by Gasteiger charge is 2.40. The molecule has 0 spiro atoms. The maximum absolute atomic E-state index is 13.4. The third-order valence-electron chi connectivity index (χ3n) is 5.06. The van der Waals surface area contributed by atoms with Gasteiger partial charge in [0.25, 0.3) is 5.91 Å². The first-order valence-electron chi connectivity index (χ1n) is 9.12.